The molecule has 0 fully saturated rings. The largest absolute Gasteiger partial charge is 0.397 e. The first kappa shape index (κ1) is 7.00. The number of nitrogens with zero attached hydrogens (tertiary/aromatic N) is 2. The van der Waals surface area contributed by atoms with Gasteiger partial charge < -0.3 is 5.73 Å². The molecule has 0 aliphatic heterocycles. The van der Waals surface area contributed by atoms with Gasteiger partial charge in [-0.2, -0.15) is 0 Å². The molecule has 0 aliphatic rings. The molecule has 0 radical (unpaired) electrons. The van der Waals surface area contributed by atoms with E-state index in [-0.39, 0.29) is 0 Å². The summed E-state index contributed by atoms with van der Waals surface area (Å²) in [5.41, 5.74) is 7.02. The predicted octanol–water partition coefficient (Wildman–Crippen LogP) is 2.04. The summed E-state index contributed by atoms with van der Waals surface area (Å²) in [6, 6.07) is 1.81. The topological polar surface area (TPSA) is 51.8 Å². The molecule has 5 heteroatoms. The van der Waals surface area contributed by atoms with Gasteiger partial charge in [-0.1, -0.05) is 11.3 Å². The molecular formula is C6H4BrN3S. The molecule has 2 aromatic rings. The molecule has 0 unspecified atom stereocenters. The van der Waals surface area contributed by atoms with E-state index in [1.165, 1.54) is 11.3 Å². The highest BCUT2D eigenvalue weighted by molar-refractivity contribution is 9.11. The van der Waals surface area contributed by atoms with Crippen LogP contribution in [0.25, 0.3) is 10.3 Å². The average Bonchev–Trinajstić information content (AvgIpc) is 2.27. The Hall–Kier alpha value is -0.680. The Morgan fingerprint density at radius 3 is 3.18 bits per heavy atom. The number of nitrogens with two attached hydrogens (primary N) is 1. The highest BCUT2D eigenvalue weighted by Gasteiger charge is 2.01. The van der Waals surface area contributed by atoms with Gasteiger partial charge in [-0.25, -0.2) is 9.97 Å². The van der Waals surface area contributed by atoms with Crippen molar-refractivity contribution in [1.29, 1.82) is 0 Å². The van der Waals surface area contributed by atoms with Crippen LogP contribution in [0.15, 0.2) is 16.2 Å². The van der Waals surface area contributed by atoms with E-state index in [1.807, 2.05) is 6.07 Å². The molecule has 2 rings (SSSR count). The van der Waals surface area contributed by atoms with Crippen LogP contribution in [0.2, 0.25) is 0 Å². The molecule has 0 atom stereocenters. The molecule has 2 aromatic heterocycles. The van der Waals surface area contributed by atoms with E-state index in [0.717, 1.165) is 14.3 Å². The summed E-state index contributed by atoms with van der Waals surface area (Å²) in [7, 11) is 0. The van der Waals surface area contributed by atoms with Crippen LogP contribution < -0.4 is 5.73 Å². The average molecular weight is 230 g/mol. The molecule has 2 heterocycles. The van der Waals surface area contributed by atoms with Crippen molar-refractivity contribution in [2.24, 2.45) is 0 Å². The summed E-state index contributed by atoms with van der Waals surface area (Å²) in [5, 5.41) is 0. The van der Waals surface area contributed by atoms with Gasteiger partial charge in [-0.15, -0.1) is 0 Å². The fraction of sp³-hybridized carbons (Fsp3) is 0. The van der Waals surface area contributed by atoms with E-state index in [9.17, 15) is 0 Å². The first-order valence-corrected chi connectivity index (χ1v) is 4.54. The Kier molecular flexibility index (Phi) is 1.54. The highest BCUT2D eigenvalue weighted by atomic mass is 79.9. The third-order valence-corrected chi connectivity index (χ3v) is 2.67. The van der Waals surface area contributed by atoms with Gasteiger partial charge in [0.1, 0.15) is 10.3 Å². The summed E-state index contributed by atoms with van der Waals surface area (Å²) in [6.45, 7) is 0. The Labute approximate surface area is 75.4 Å². The lowest BCUT2D eigenvalue weighted by molar-refractivity contribution is 1.39. The summed E-state index contributed by atoms with van der Waals surface area (Å²) in [4.78, 5) is 9.18. The number of pyridine rings is 1. The van der Waals surface area contributed by atoms with Crippen molar-refractivity contribution in [3.05, 3.63) is 16.2 Å². The van der Waals surface area contributed by atoms with Crippen LogP contribution >= 0.6 is 27.3 Å². The van der Waals surface area contributed by atoms with E-state index in [0.29, 0.717) is 5.69 Å². The normalized spacial score (nSPS) is 10.6. The lowest BCUT2D eigenvalue weighted by atomic mass is 10.4. The summed E-state index contributed by atoms with van der Waals surface area (Å²) in [6.07, 6.45) is 1.63. The molecule has 11 heavy (non-hydrogen) atoms. The van der Waals surface area contributed by atoms with Gasteiger partial charge in [0.25, 0.3) is 0 Å². The van der Waals surface area contributed by atoms with Crippen molar-refractivity contribution in [2.45, 2.75) is 0 Å². The van der Waals surface area contributed by atoms with Crippen molar-refractivity contribution in [3.8, 4) is 0 Å². The first-order valence-electron chi connectivity index (χ1n) is 2.93. The van der Waals surface area contributed by atoms with Crippen molar-refractivity contribution in [3.63, 3.8) is 0 Å². The van der Waals surface area contributed by atoms with Crippen LogP contribution in [0.5, 0.6) is 0 Å². The number of fused-ring (bicyclic) bond motifs is 1. The van der Waals surface area contributed by atoms with E-state index in [1.54, 1.807) is 6.20 Å². The van der Waals surface area contributed by atoms with Gasteiger partial charge in [0.2, 0.25) is 0 Å². The van der Waals surface area contributed by atoms with Crippen LogP contribution in [-0.4, -0.2) is 9.97 Å². The Bertz CT molecular complexity index is 398. The lowest BCUT2D eigenvalue weighted by Gasteiger charge is -1.88. The first-order chi connectivity index (χ1) is 5.25. The quantitative estimate of drug-likeness (QED) is 0.753. The van der Waals surface area contributed by atoms with Gasteiger partial charge in [0.15, 0.2) is 3.92 Å². The smallest absolute Gasteiger partial charge is 0.161 e. The third kappa shape index (κ3) is 1.21. The minimum absolute atomic E-state index is 0.648. The van der Waals surface area contributed by atoms with Crippen LogP contribution in [-0.2, 0) is 0 Å². The SMILES string of the molecule is Nc1cnc2sc(Br)nc2c1. The Morgan fingerprint density at radius 2 is 2.36 bits per heavy atom. The maximum atomic E-state index is 5.52. The number of nitrogen functional groups attached to an aromatic ring is 1. The molecular weight excluding hydrogens is 226 g/mol. The van der Waals surface area contributed by atoms with Crippen molar-refractivity contribution in [2.75, 3.05) is 5.73 Å². The van der Waals surface area contributed by atoms with Gasteiger partial charge >= 0.3 is 0 Å². The van der Waals surface area contributed by atoms with Gasteiger partial charge in [0, 0.05) is 0 Å². The number of hydrogen-bond acceptors (Lipinski definition) is 4. The zero-order chi connectivity index (χ0) is 7.84. The fourth-order valence-corrected chi connectivity index (χ4v) is 2.08. The summed E-state index contributed by atoms with van der Waals surface area (Å²) >= 11 is 4.78. The second-order valence-corrected chi connectivity index (χ2v) is 4.31. The van der Waals surface area contributed by atoms with Gasteiger partial charge in [0.05, 0.1) is 11.9 Å². The minimum Gasteiger partial charge on any atom is -0.397 e. The maximum absolute atomic E-state index is 5.52. The Balaban J connectivity index is 2.82. The molecule has 2 N–H and O–H groups in total. The third-order valence-electron chi connectivity index (χ3n) is 1.24. The molecule has 0 saturated carbocycles. The molecule has 0 bridgehead atoms. The van der Waals surface area contributed by atoms with E-state index in [4.69, 9.17) is 5.73 Å². The molecule has 56 valence electrons. The van der Waals surface area contributed by atoms with Crippen molar-refractivity contribution < 1.29 is 0 Å². The Morgan fingerprint density at radius 1 is 1.55 bits per heavy atom. The van der Waals surface area contributed by atoms with E-state index < -0.39 is 0 Å². The number of aromatic nitrogens is 2. The zero-order valence-corrected chi connectivity index (χ0v) is 7.82. The fourth-order valence-electron chi connectivity index (χ4n) is 0.812. The summed E-state index contributed by atoms with van der Waals surface area (Å²) < 4.78 is 0.839. The monoisotopic (exact) mass is 229 g/mol. The van der Waals surface area contributed by atoms with Crippen LogP contribution in [0.3, 0.4) is 0 Å². The predicted molar refractivity (Wildman–Crippen MR) is 49.5 cm³/mol. The maximum Gasteiger partial charge on any atom is 0.161 e. The van der Waals surface area contributed by atoms with Crippen molar-refractivity contribution >= 4 is 43.3 Å². The van der Waals surface area contributed by atoms with Crippen LogP contribution in [0, 0.1) is 0 Å². The molecule has 0 spiro atoms. The summed E-state index contributed by atoms with van der Waals surface area (Å²) in [5.74, 6) is 0. The molecule has 3 nitrogen and oxygen atoms in total. The second kappa shape index (κ2) is 2.42. The lowest BCUT2D eigenvalue weighted by Crippen LogP contribution is -1.84. The van der Waals surface area contributed by atoms with Gasteiger partial charge in [-0.3, -0.25) is 0 Å². The minimum atomic E-state index is 0.648. The number of anilines is 1. The molecule has 0 aliphatic carbocycles. The molecule has 0 amide bonds. The number of hydrogen-bond donors (Lipinski definition) is 1. The van der Waals surface area contributed by atoms with Gasteiger partial charge in [-0.05, 0) is 22.0 Å². The second-order valence-electron chi connectivity index (χ2n) is 2.06. The van der Waals surface area contributed by atoms with E-state index >= 15 is 0 Å². The van der Waals surface area contributed by atoms with Crippen molar-refractivity contribution in [1.82, 2.24) is 9.97 Å². The molecule has 0 aromatic carbocycles. The van der Waals surface area contributed by atoms with Crippen LogP contribution in [0.1, 0.15) is 0 Å². The number of halogens is 1. The zero-order valence-electron chi connectivity index (χ0n) is 5.41. The number of thiazole rings is 1. The standard InChI is InChI=1S/C6H4BrN3S/c7-6-10-4-1-3(8)2-9-5(4)11-6/h1-2H,8H2. The molecule has 0 saturated heterocycles. The van der Waals surface area contributed by atoms with E-state index in [2.05, 4.69) is 25.9 Å². The highest BCUT2D eigenvalue weighted by Crippen LogP contribution is 2.24. The number of rotatable bonds is 0. The van der Waals surface area contributed by atoms with Crippen LogP contribution in [0.4, 0.5) is 5.69 Å².